The van der Waals surface area contributed by atoms with Gasteiger partial charge in [-0.1, -0.05) is 30.3 Å². The van der Waals surface area contributed by atoms with E-state index >= 15 is 0 Å². The third-order valence-electron chi connectivity index (χ3n) is 8.17. The number of pyridine rings is 2. The largest absolute Gasteiger partial charge is 0.493 e. The third kappa shape index (κ3) is 5.59. The van der Waals surface area contributed by atoms with Gasteiger partial charge in [-0.3, -0.25) is 14.6 Å². The van der Waals surface area contributed by atoms with E-state index in [1.165, 1.54) is 11.1 Å². The number of hydrogen-bond donors (Lipinski definition) is 0. The van der Waals surface area contributed by atoms with Gasteiger partial charge in [-0.15, -0.1) is 0 Å². The Bertz CT molecular complexity index is 1890. The van der Waals surface area contributed by atoms with Crippen molar-refractivity contribution < 1.29 is 14.3 Å². The molecule has 0 unspecified atom stereocenters. The van der Waals surface area contributed by atoms with Crippen LogP contribution in [-0.2, 0) is 28.9 Å². The van der Waals surface area contributed by atoms with Crippen LogP contribution >= 0.6 is 0 Å². The number of aromatic nitrogens is 2. The Balaban J connectivity index is 1.62. The molecule has 0 radical (unpaired) electrons. The molecular formula is C37H38N2O4. The van der Waals surface area contributed by atoms with Crippen molar-refractivity contribution in [3.8, 4) is 16.9 Å². The van der Waals surface area contributed by atoms with E-state index in [-0.39, 0.29) is 11.3 Å². The molecule has 1 aliphatic rings. The van der Waals surface area contributed by atoms with Gasteiger partial charge in [-0.05, 0) is 106 Å². The van der Waals surface area contributed by atoms with Crippen molar-refractivity contribution in [1.82, 2.24) is 9.55 Å². The van der Waals surface area contributed by atoms with Crippen molar-refractivity contribution in [3.63, 3.8) is 0 Å². The fraction of sp³-hybridized carbons (Fsp3) is 0.324. The first-order chi connectivity index (χ1) is 20.6. The van der Waals surface area contributed by atoms with Crippen LogP contribution in [-0.4, -0.2) is 27.5 Å². The number of hydrogen-bond acceptors (Lipinski definition) is 5. The molecule has 1 atom stereocenters. The van der Waals surface area contributed by atoms with Crippen molar-refractivity contribution >= 4 is 27.6 Å². The first-order valence-corrected chi connectivity index (χ1v) is 15.1. The minimum atomic E-state index is -0.792. The minimum Gasteiger partial charge on any atom is -0.493 e. The van der Waals surface area contributed by atoms with Crippen LogP contribution in [0.25, 0.3) is 32.9 Å². The van der Waals surface area contributed by atoms with Gasteiger partial charge in [0, 0.05) is 41.6 Å². The highest BCUT2D eigenvalue weighted by molar-refractivity contribution is 6.08. The fourth-order valence-corrected chi connectivity index (χ4v) is 6.33. The Labute approximate surface area is 252 Å². The normalized spacial score (nSPS) is 13.7. The van der Waals surface area contributed by atoms with Gasteiger partial charge in [0.15, 0.2) is 5.78 Å². The molecule has 2 aromatic heterocycles. The summed E-state index contributed by atoms with van der Waals surface area (Å²) >= 11 is 0. The van der Waals surface area contributed by atoms with Crippen LogP contribution < -0.4 is 10.3 Å². The SMILES string of the molecule is CC(=O)[C@@H](OC(C)(C)C)c1c(C)cc2c(ccc(=O)n2CCCc2ccccc2)c1-c1ccc2c3c(ccnc13)CCO2. The van der Waals surface area contributed by atoms with E-state index in [9.17, 15) is 9.59 Å². The molecular weight excluding hydrogens is 536 g/mol. The summed E-state index contributed by atoms with van der Waals surface area (Å²) in [6, 6.07) is 22.0. The van der Waals surface area contributed by atoms with Crippen LogP contribution in [0, 0.1) is 6.92 Å². The lowest BCUT2D eigenvalue weighted by molar-refractivity contribution is -0.138. The Morgan fingerprint density at radius 1 is 1.07 bits per heavy atom. The van der Waals surface area contributed by atoms with Crippen LogP contribution in [0.5, 0.6) is 5.75 Å². The number of carbonyl (C=O) groups is 1. The molecule has 220 valence electrons. The Morgan fingerprint density at radius 3 is 2.60 bits per heavy atom. The minimum absolute atomic E-state index is 0.0452. The summed E-state index contributed by atoms with van der Waals surface area (Å²) in [5, 5.41) is 1.89. The smallest absolute Gasteiger partial charge is 0.251 e. The predicted octanol–water partition coefficient (Wildman–Crippen LogP) is 7.54. The molecule has 0 N–H and O–H groups in total. The molecule has 6 rings (SSSR count). The van der Waals surface area contributed by atoms with Gasteiger partial charge < -0.3 is 14.0 Å². The van der Waals surface area contributed by atoms with Crippen LogP contribution in [0.4, 0.5) is 0 Å². The second kappa shape index (κ2) is 11.4. The molecule has 6 heteroatoms. The van der Waals surface area contributed by atoms with Gasteiger partial charge in [0.2, 0.25) is 0 Å². The number of ether oxygens (including phenoxy) is 2. The standard InChI is InChI=1S/C37H38N2O4/c1-23-22-29-27(14-16-31(41)39(29)20-9-12-25-10-7-6-8-11-25)34(32(23)36(24(2)40)43-37(3,4)5)28-13-15-30-33-26(18-21-42-30)17-19-38-35(28)33/h6-8,10-11,13-17,19,22,36H,9,12,18,20-21H2,1-5H3/t36-/m1/s1. The summed E-state index contributed by atoms with van der Waals surface area (Å²) in [7, 11) is 0. The lowest BCUT2D eigenvalue weighted by Gasteiger charge is -2.30. The molecule has 0 saturated carbocycles. The van der Waals surface area contributed by atoms with Crippen LogP contribution in [0.15, 0.2) is 77.7 Å². The van der Waals surface area contributed by atoms with E-state index in [1.54, 1.807) is 13.0 Å². The van der Waals surface area contributed by atoms with E-state index in [4.69, 9.17) is 14.5 Å². The maximum atomic E-state index is 13.4. The Kier molecular flexibility index (Phi) is 7.65. The van der Waals surface area contributed by atoms with Crippen LogP contribution in [0.1, 0.15) is 62.5 Å². The summed E-state index contributed by atoms with van der Waals surface area (Å²) in [6.07, 6.45) is 3.56. The first-order valence-electron chi connectivity index (χ1n) is 15.1. The quantitative estimate of drug-likeness (QED) is 0.192. The predicted molar refractivity (Wildman–Crippen MR) is 172 cm³/mol. The average Bonchev–Trinajstić information content (AvgIpc) is 2.97. The second-order valence-corrected chi connectivity index (χ2v) is 12.5. The number of rotatable bonds is 8. The number of Topliss-reactive ketones (excluding diaryl/α,β-unsaturated/α-hetero) is 1. The highest BCUT2D eigenvalue weighted by Gasteiger charge is 2.31. The van der Waals surface area contributed by atoms with Gasteiger partial charge in [0.05, 0.1) is 23.2 Å². The zero-order valence-corrected chi connectivity index (χ0v) is 25.6. The van der Waals surface area contributed by atoms with Gasteiger partial charge in [0.1, 0.15) is 11.9 Å². The summed E-state index contributed by atoms with van der Waals surface area (Å²) in [5.74, 6) is 0.743. The monoisotopic (exact) mass is 574 g/mol. The van der Waals surface area contributed by atoms with Crippen LogP contribution in [0.2, 0.25) is 0 Å². The van der Waals surface area contributed by atoms with Gasteiger partial charge in [-0.25, -0.2) is 0 Å². The number of fused-ring (bicyclic) bond motifs is 1. The highest BCUT2D eigenvalue weighted by atomic mass is 16.5. The molecule has 0 spiro atoms. The summed E-state index contributed by atoms with van der Waals surface area (Å²) in [6.45, 7) is 10.7. The third-order valence-corrected chi connectivity index (χ3v) is 8.17. The zero-order valence-electron chi connectivity index (χ0n) is 25.6. The molecule has 1 aliphatic heterocycles. The van der Waals surface area contributed by atoms with E-state index < -0.39 is 11.7 Å². The number of benzene rings is 3. The molecule has 3 heterocycles. The summed E-state index contributed by atoms with van der Waals surface area (Å²) in [4.78, 5) is 31.5. The molecule has 0 saturated heterocycles. The lowest BCUT2D eigenvalue weighted by atomic mass is 9.85. The van der Waals surface area contributed by atoms with Gasteiger partial charge in [0.25, 0.3) is 5.56 Å². The van der Waals surface area contributed by atoms with E-state index in [1.807, 2.05) is 80.9 Å². The topological polar surface area (TPSA) is 70.4 Å². The number of ketones is 1. The second-order valence-electron chi connectivity index (χ2n) is 12.5. The van der Waals surface area contributed by atoms with Crippen LogP contribution in [0.3, 0.4) is 0 Å². The van der Waals surface area contributed by atoms with E-state index in [0.717, 1.165) is 69.1 Å². The van der Waals surface area contributed by atoms with Crippen molar-refractivity contribution in [3.05, 3.63) is 106 Å². The fourth-order valence-electron chi connectivity index (χ4n) is 6.33. The molecule has 0 bridgehead atoms. The summed E-state index contributed by atoms with van der Waals surface area (Å²) < 4.78 is 14.4. The van der Waals surface area contributed by atoms with Crippen molar-refractivity contribution in [2.24, 2.45) is 0 Å². The van der Waals surface area contributed by atoms with E-state index in [0.29, 0.717) is 13.2 Å². The zero-order chi connectivity index (χ0) is 30.3. The molecule has 0 fully saturated rings. The maximum absolute atomic E-state index is 13.4. The number of nitrogens with zero attached hydrogens (tertiary/aromatic N) is 2. The van der Waals surface area contributed by atoms with Gasteiger partial charge >= 0.3 is 0 Å². The molecule has 0 aliphatic carbocycles. The highest BCUT2D eigenvalue weighted by Crippen LogP contribution is 2.45. The van der Waals surface area contributed by atoms with Crippen molar-refractivity contribution in [2.75, 3.05) is 6.61 Å². The van der Waals surface area contributed by atoms with Crippen molar-refractivity contribution in [2.45, 2.75) is 72.1 Å². The lowest BCUT2D eigenvalue weighted by Crippen LogP contribution is -2.27. The summed E-state index contributed by atoms with van der Waals surface area (Å²) in [5.41, 5.74) is 6.97. The van der Waals surface area contributed by atoms with Crippen molar-refractivity contribution in [1.29, 1.82) is 0 Å². The molecule has 5 aromatic rings. The van der Waals surface area contributed by atoms with E-state index in [2.05, 4.69) is 18.2 Å². The first kappa shape index (κ1) is 28.8. The van der Waals surface area contributed by atoms with Gasteiger partial charge in [-0.2, -0.15) is 0 Å². The molecule has 43 heavy (non-hydrogen) atoms. The number of aryl methyl sites for hydroxylation is 3. The Morgan fingerprint density at radius 2 is 1.86 bits per heavy atom. The number of carbonyl (C=O) groups excluding carboxylic acids is 1. The molecule has 3 aromatic carbocycles. The average molecular weight is 575 g/mol. The Hall–Kier alpha value is -4.29. The maximum Gasteiger partial charge on any atom is 0.251 e. The molecule has 6 nitrogen and oxygen atoms in total. The molecule has 0 amide bonds.